The second-order valence-corrected chi connectivity index (χ2v) is 7.55. The number of hydrogen-bond donors (Lipinski definition) is 1. The zero-order valence-corrected chi connectivity index (χ0v) is 16.1. The number of aliphatic imine (C=N–C) groups is 1. The van der Waals surface area contributed by atoms with E-state index in [1.807, 2.05) is 6.07 Å². The highest BCUT2D eigenvalue weighted by Gasteiger charge is 2.63. The first-order valence-electron chi connectivity index (χ1n) is 8.79. The van der Waals surface area contributed by atoms with Crippen LogP contribution >= 0.6 is 0 Å². The normalized spacial score (nSPS) is 23.0. The molecule has 0 radical (unpaired) electrons. The number of alkyl halides is 2. The molecule has 2 aromatic rings. The van der Waals surface area contributed by atoms with Gasteiger partial charge in [-0.25, -0.2) is 17.6 Å². The minimum absolute atomic E-state index is 0.0400. The molecule has 0 fully saturated rings. The van der Waals surface area contributed by atoms with Crippen molar-refractivity contribution in [3.63, 3.8) is 0 Å². The van der Waals surface area contributed by atoms with Crippen LogP contribution in [0.25, 0.3) is 11.1 Å². The van der Waals surface area contributed by atoms with Gasteiger partial charge in [0.2, 0.25) is 0 Å². The van der Waals surface area contributed by atoms with Gasteiger partial charge in [-0.05, 0) is 50.6 Å². The topological polar surface area (TPSA) is 71.4 Å². The van der Waals surface area contributed by atoms with Gasteiger partial charge in [0.05, 0.1) is 11.6 Å². The fourth-order valence-corrected chi connectivity index (χ4v) is 3.43. The third-order valence-electron chi connectivity index (χ3n) is 5.22. The highest BCUT2D eigenvalue weighted by molar-refractivity contribution is 5.82. The zero-order valence-electron chi connectivity index (χ0n) is 16.1. The van der Waals surface area contributed by atoms with Crippen LogP contribution in [0.1, 0.15) is 31.9 Å². The van der Waals surface area contributed by atoms with E-state index in [1.54, 1.807) is 0 Å². The largest absolute Gasteiger partial charge is 0.385 e. The second-order valence-electron chi connectivity index (χ2n) is 7.55. The standard InChI is InChI=1S/C21H19F4N3O/c1-19(2)21(24,25)20(3,28-18(27)11-29-19)15-9-13(5-7-16(15)22)14-6-4-12(10-26)8-17(14)23/h4-9H,11H2,1-3H3,(H2,27,28)/t20-/m1/s1. The van der Waals surface area contributed by atoms with Gasteiger partial charge in [-0.1, -0.05) is 12.1 Å². The molecule has 0 aliphatic carbocycles. The third-order valence-corrected chi connectivity index (χ3v) is 5.22. The molecule has 0 spiro atoms. The number of nitrogens with zero attached hydrogens (tertiary/aromatic N) is 2. The quantitative estimate of drug-likeness (QED) is 0.747. The minimum atomic E-state index is -3.65. The third kappa shape index (κ3) is 3.25. The van der Waals surface area contributed by atoms with Crippen molar-refractivity contribution in [2.24, 2.45) is 10.7 Å². The first-order valence-corrected chi connectivity index (χ1v) is 8.79. The molecule has 8 heteroatoms. The van der Waals surface area contributed by atoms with Crippen LogP contribution in [0.4, 0.5) is 17.6 Å². The predicted octanol–water partition coefficient (Wildman–Crippen LogP) is 4.52. The lowest BCUT2D eigenvalue weighted by atomic mass is 9.77. The Morgan fingerprint density at radius 1 is 1.07 bits per heavy atom. The summed E-state index contributed by atoms with van der Waals surface area (Å²) in [5.41, 5.74) is 1.21. The van der Waals surface area contributed by atoms with Crippen LogP contribution in [-0.4, -0.2) is 24.0 Å². The SMILES string of the molecule is CC1(C)OCC(N)=N[C@](C)(c2cc(-c3ccc(C#N)cc3F)ccc2F)C1(F)F. The van der Waals surface area contributed by atoms with Crippen molar-refractivity contribution in [3.8, 4) is 17.2 Å². The molecular weight excluding hydrogens is 386 g/mol. The fourth-order valence-electron chi connectivity index (χ4n) is 3.43. The van der Waals surface area contributed by atoms with Crippen LogP contribution in [0.3, 0.4) is 0 Å². The summed E-state index contributed by atoms with van der Waals surface area (Å²) in [6.07, 6.45) is 0. The highest BCUT2D eigenvalue weighted by atomic mass is 19.3. The lowest BCUT2D eigenvalue weighted by Crippen LogP contribution is -2.56. The summed E-state index contributed by atoms with van der Waals surface area (Å²) in [5.74, 6) is -5.51. The molecule has 2 N–H and O–H groups in total. The second kappa shape index (κ2) is 6.85. The average Bonchev–Trinajstić information content (AvgIpc) is 2.71. The van der Waals surface area contributed by atoms with Crippen molar-refractivity contribution in [1.29, 1.82) is 5.26 Å². The number of ether oxygens (including phenoxy) is 1. The van der Waals surface area contributed by atoms with Crippen molar-refractivity contribution in [2.45, 2.75) is 37.8 Å². The van der Waals surface area contributed by atoms with Gasteiger partial charge in [0, 0.05) is 11.1 Å². The summed E-state index contributed by atoms with van der Waals surface area (Å²) in [6, 6.07) is 8.94. The number of nitriles is 1. The van der Waals surface area contributed by atoms with Gasteiger partial charge >= 0.3 is 5.92 Å². The van der Waals surface area contributed by atoms with E-state index in [-0.39, 0.29) is 29.1 Å². The van der Waals surface area contributed by atoms with Gasteiger partial charge in [-0.15, -0.1) is 0 Å². The Bertz CT molecular complexity index is 1040. The molecule has 2 aromatic carbocycles. The molecule has 1 atom stereocenters. The molecule has 1 heterocycles. The molecule has 1 aliphatic heterocycles. The smallest absolute Gasteiger partial charge is 0.304 e. The molecule has 0 saturated heterocycles. The van der Waals surface area contributed by atoms with E-state index in [4.69, 9.17) is 15.7 Å². The molecule has 29 heavy (non-hydrogen) atoms. The van der Waals surface area contributed by atoms with E-state index in [0.29, 0.717) is 0 Å². The molecule has 0 bridgehead atoms. The van der Waals surface area contributed by atoms with Gasteiger partial charge in [0.25, 0.3) is 0 Å². The molecule has 0 aromatic heterocycles. The minimum Gasteiger partial charge on any atom is -0.385 e. The summed E-state index contributed by atoms with van der Waals surface area (Å²) in [6.45, 7) is 3.11. The van der Waals surface area contributed by atoms with E-state index in [1.165, 1.54) is 32.0 Å². The fraction of sp³-hybridized carbons (Fsp3) is 0.333. The predicted molar refractivity (Wildman–Crippen MR) is 100 cm³/mol. The Balaban J connectivity index is 2.24. The van der Waals surface area contributed by atoms with Crippen LogP contribution in [0, 0.1) is 23.0 Å². The zero-order chi connectivity index (χ0) is 21.6. The van der Waals surface area contributed by atoms with E-state index < -0.39 is 34.3 Å². The van der Waals surface area contributed by atoms with Crippen LogP contribution < -0.4 is 5.73 Å². The molecule has 3 rings (SSSR count). The molecule has 0 saturated carbocycles. The van der Waals surface area contributed by atoms with Crippen LogP contribution in [0.2, 0.25) is 0 Å². The van der Waals surface area contributed by atoms with E-state index in [0.717, 1.165) is 25.1 Å². The molecule has 152 valence electrons. The first-order chi connectivity index (χ1) is 13.4. The Hall–Kier alpha value is -2.92. The van der Waals surface area contributed by atoms with Crippen LogP contribution in [0.5, 0.6) is 0 Å². The average molecular weight is 405 g/mol. The molecule has 4 nitrogen and oxygen atoms in total. The van der Waals surface area contributed by atoms with Crippen molar-refractivity contribution in [2.75, 3.05) is 6.61 Å². The highest BCUT2D eigenvalue weighted by Crippen LogP contribution is 2.51. The molecular formula is C21H19F4N3O. The maximum atomic E-state index is 15.5. The summed E-state index contributed by atoms with van der Waals surface area (Å²) in [4.78, 5) is 3.91. The summed E-state index contributed by atoms with van der Waals surface area (Å²) in [7, 11) is 0. The Morgan fingerprint density at radius 2 is 1.76 bits per heavy atom. The van der Waals surface area contributed by atoms with Crippen LogP contribution in [0.15, 0.2) is 41.4 Å². The van der Waals surface area contributed by atoms with Crippen molar-refractivity contribution in [1.82, 2.24) is 0 Å². The lowest BCUT2D eigenvalue weighted by molar-refractivity contribution is -0.214. The molecule has 0 amide bonds. The summed E-state index contributed by atoms with van der Waals surface area (Å²) >= 11 is 0. The van der Waals surface area contributed by atoms with Gasteiger partial charge in [-0.2, -0.15) is 5.26 Å². The van der Waals surface area contributed by atoms with Crippen molar-refractivity contribution in [3.05, 3.63) is 59.2 Å². The number of nitrogens with two attached hydrogens (primary N) is 1. The Kier molecular flexibility index (Phi) is 4.91. The Morgan fingerprint density at radius 3 is 2.38 bits per heavy atom. The van der Waals surface area contributed by atoms with E-state index in [2.05, 4.69) is 4.99 Å². The number of rotatable bonds is 2. The van der Waals surface area contributed by atoms with Crippen molar-refractivity contribution >= 4 is 5.84 Å². The molecule has 1 aliphatic rings. The monoisotopic (exact) mass is 405 g/mol. The number of halogens is 4. The van der Waals surface area contributed by atoms with Crippen molar-refractivity contribution < 1.29 is 22.3 Å². The number of hydrogen-bond acceptors (Lipinski definition) is 4. The van der Waals surface area contributed by atoms with Crippen LogP contribution in [-0.2, 0) is 10.3 Å². The number of benzene rings is 2. The molecule has 0 unspecified atom stereocenters. The summed E-state index contributed by atoms with van der Waals surface area (Å²) in [5, 5.41) is 8.88. The maximum Gasteiger partial charge on any atom is 0.304 e. The van der Waals surface area contributed by atoms with E-state index in [9.17, 15) is 8.78 Å². The number of amidine groups is 1. The van der Waals surface area contributed by atoms with E-state index >= 15 is 8.78 Å². The maximum absolute atomic E-state index is 15.5. The lowest BCUT2D eigenvalue weighted by Gasteiger charge is -2.42. The summed E-state index contributed by atoms with van der Waals surface area (Å²) < 4.78 is 65.4. The van der Waals surface area contributed by atoms with Gasteiger partial charge < -0.3 is 10.5 Å². The Labute approximate surface area is 165 Å². The van der Waals surface area contributed by atoms with Gasteiger partial charge in [0.1, 0.15) is 29.7 Å². The van der Waals surface area contributed by atoms with Gasteiger partial charge in [0.15, 0.2) is 5.54 Å². The first kappa shape index (κ1) is 20.8. The van der Waals surface area contributed by atoms with Gasteiger partial charge in [-0.3, -0.25) is 4.99 Å².